The second-order valence-electron chi connectivity index (χ2n) is 2.83. The lowest BCUT2D eigenvalue weighted by Gasteiger charge is -2.17. The smallest absolute Gasteiger partial charge is 0.297 e. The number of nitriles is 1. The molecule has 1 amide bonds. The number of rotatable bonds is 1. The molecule has 0 aromatic heterocycles. The summed E-state index contributed by atoms with van der Waals surface area (Å²) >= 11 is 0. The van der Waals surface area contributed by atoms with Gasteiger partial charge in [-0.3, -0.25) is 4.79 Å². The van der Waals surface area contributed by atoms with E-state index >= 15 is 0 Å². The number of nitrogens with zero attached hydrogens (tertiary/aromatic N) is 1. The summed E-state index contributed by atoms with van der Waals surface area (Å²) in [7, 11) is 0. The summed E-state index contributed by atoms with van der Waals surface area (Å²) in [5.41, 5.74) is -0.860. The molecular weight excluding hydrogens is 168 g/mol. The second-order valence-corrected chi connectivity index (χ2v) is 2.83. The molecule has 13 heavy (non-hydrogen) atoms. The minimum Gasteiger partial charge on any atom is -0.378 e. The van der Waals surface area contributed by atoms with Gasteiger partial charge in [0.1, 0.15) is 0 Å². The molecule has 4 nitrogen and oxygen atoms in total. The highest BCUT2D eigenvalue weighted by Gasteiger charge is 2.36. The molecule has 1 rings (SSSR count). The highest BCUT2D eigenvalue weighted by molar-refractivity contribution is 5.94. The van der Waals surface area contributed by atoms with Gasteiger partial charge in [0.25, 0.3) is 5.91 Å². The molecule has 0 radical (unpaired) electrons. The molecule has 0 bridgehead atoms. The predicted molar refractivity (Wildman–Crippen MR) is 45.4 cm³/mol. The maximum absolute atomic E-state index is 11.1. The first-order valence-electron chi connectivity index (χ1n) is 3.96. The van der Waals surface area contributed by atoms with E-state index in [1.54, 1.807) is 6.92 Å². The van der Waals surface area contributed by atoms with Crippen LogP contribution in [0.1, 0.15) is 13.3 Å². The minimum atomic E-state index is -0.860. The normalized spacial score (nSPS) is 25.5. The van der Waals surface area contributed by atoms with E-state index in [9.17, 15) is 4.79 Å². The third kappa shape index (κ3) is 2.21. The molecule has 4 heteroatoms. The number of ether oxygens (including phenoxy) is 1. The van der Waals surface area contributed by atoms with Crippen LogP contribution in [0.25, 0.3) is 0 Å². The summed E-state index contributed by atoms with van der Waals surface area (Å²) in [6, 6.07) is 2.04. The number of hydrogen-bond donors (Lipinski definition) is 1. The zero-order valence-corrected chi connectivity index (χ0v) is 7.39. The Kier molecular flexibility index (Phi) is 2.89. The molecule has 1 atom stereocenters. The quantitative estimate of drug-likeness (QED) is 0.566. The number of carbonyl (C=O) groups is 1. The van der Waals surface area contributed by atoms with Crippen LogP contribution in [0, 0.1) is 23.2 Å². The monoisotopic (exact) mass is 178 g/mol. The van der Waals surface area contributed by atoms with E-state index in [0.717, 1.165) is 0 Å². The lowest BCUT2D eigenvalue weighted by molar-refractivity contribution is -0.117. The van der Waals surface area contributed by atoms with Gasteiger partial charge in [0, 0.05) is 6.42 Å². The van der Waals surface area contributed by atoms with Crippen molar-refractivity contribution in [3.8, 4) is 17.9 Å². The number of nitrogens with one attached hydrogen (secondary N) is 1. The topological polar surface area (TPSA) is 62.1 Å². The Morgan fingerprint density at radius 2 is 2.46 bits per heavy atom. The van der Waals surface area contributed by atoms with E-state index in [4.69, 9.17) is 10.00 Å². The van der Waals surface area contributed by atoms with Crippen molar-refractivity contribution in [2.24, 2.45) is 0 Å². The minimum absolute atomic E-state index is 0.251. The fourth-order valence-electron chi connectivity index (χ4n) is 1.14. The van der Waals surface area contributed by atoms with Gasteiger partial charge in [0.15, 0.2) is 5.54 Å². The van der Waals surface area contributed by atoms with Crippen molar-refractivity contribution in [1.82, 2.24) is 5.32 Å². The fraction of sp³-hybridized carbons (Fsp3) is 0.556. The highest BCUT2D eigenvalue weighted by Crippen LogP contribution is 2.16. The molecule has 1 aliphatic heterocycles. The van der Waals surface area contributed by atoms with Crippen molar-refractivity contribution in [3.05, 3.63) is 0 Å². The molecule has 0 aliphatic carbocycles. The van der Waals surface area contributed by atoms with Crippen LogP contribution in [-0.2, 0) is 9.53 Å². The van der Waals surface area contributed by atoms with Gasteiger partial charge in [-0.25, -0.2) is 0 Å². The average molecular weight is 178 g/mol. The summed E-state index contributed by atoms with van der Waals surface area (Å²) in [6.45, 7) is 2.33. The molecule has 1 fully saturated rings. The Morgan fingerprint density at radius 1 is 1.69 bits per heavy atom. The first-order valence-corrected chi connectivity index (χ1v) is 3.96. The molecule has 0 aromatic carbocycles. The van der Waals surface area contributed by atoms with Gasteiger partial charge < -0.3 is 10.1 Å². The fourth-order valence-corrected chi connectivity index (χ4v) is 1.14. The molecule has 1 heterocycles. The largest absolute Gasteiger partial charge is 0.378 e. The number of carbonyl (C=O) groups excluding carboxylic acids is 1. The van der Waals surface area contributed by atoms with Gasteiger partial charge in [0.2, 0.25) is 0 Å². The van der Waals surface area contributed by atoms with Gasteiger partial charge in [-0.05, 0) is 12.8 Å². The summed E-state index contributed by atoms with van der Waals surface area (Å²) in [5, 5.41) is 11.4. The average Bonchev–Trinajstić information content (AvgIpc) is 2.54. The second kappa shape index (κ2) is 3.93. The molecule has 0 saturated carbocycles. The summed E-state index contributed by atoms with van der Waals surface area (Å²) < 4.78 is 5.04. The maximum Gasteiger partial charge on any atom is 0.297 e. The third-order valence-electron chi connectivity index (χ3n) is 1.83. The predicted octanol–water partition coefficient (Wildman–Crippen LogP) is -0.191. The Labute approximate surface area is 76.9 Å². The van der Waals surface area contributed by atoms with Crippen LogP contribution < -0.4 is 5.32 Å². The highest BCUT2D eigenvalue weighted by atomic mass is 16.5. The van der Waals surface area contributed by atoms with Crippen molar-refractivity contribution in [2.75, 3.05) is 13.2 Å². The Hall–Kier alpha value is -1.52. The molecule has 1 saturated heterocycles. The summed E-state index contributed by atoms with van der Waals surface area (Å²) in [6.07, 6.45) is 0.528. The molecule has 0 aromatic rings. The van der Waals surface area contributed by atoms with Gasteiger partial charge in [0.05, 0.1) is 19.3 Å². The van der Waals surface area contributed by atoms with E-state index < -0.39 is 11.4 Å². The van der Waals surface area contributed by atoms with Crippen molar-refractivity contribution >= 4 is 5.91 Å². The van der Waals surface area contributed by atoms with Crippen LogP contribution in [0.3, 0.4) is 0 Å². The van der Waals surface area contributed by atoms with Crippen LogP contribution in [0.4, 0.5) is 0 Å². The van der Waals surface area contributed by atoms with Gasteiger partial charge in [-0.15, -0.1) is 0 Å². The zero-order chi connectivity index (χ0) is 9.73. The Balaban J connectivity index is 2.63. The summed E-state index contributed by atoms with van der Waals surface area (Å²) in [4.78, 5) is 11.1. The first-order chi connectivity index (χ1) is 6.22. The molecule has 68 valence electrons. The zero-order valence-electron chi connectivity index (χ0n) is 7.39. The molecule has 0 spiro atoms. The van der Waals surface area contributed by atoms with Crippen LogP contribution in [-0.4, -0.2) is 24.7 Å². The first kappa shape index (κ1) is 9.57. The Bertz CT molecular complexity index is 300. The molecule has 1 unspecified atom stereocenters. The molecular formula is C9H10N2O2. The van der Waals surface area contributed by atoms with Crippen molar-refractivity contribution in [2.45, 2.75) is 18.9 Å². The Morgan fingerprint density at radius 3 is 2.92 bits per heavy atom. The molecule has 1 N–H and O–H groups in total. The van der Waals surface area contributed by atoms with Crippen molar-refractivity contribution in [1.29, 1.82) is 5.26 Å². The lowest BCUT2D eigenvalue weighted by Crippen LogP contribution is -2.47. The van der Waals surface area contributed by atoms with Crippen LogP contribution >= 0.6 is 0 Å². The van der Waals surface area contributed by atoms with E-state index in [0.29, 0.717) is 13.0 Å². The number of amides is 1. The third-order valence-corrected chi connectivity index (χ3v) is 1.83. The van der Waals surface area contributed by atoms with Crippen LogP contribution in [0.15, 0.2) is 0 Å². The van der Waals surface area contributed by atoms with E-state index in [2.05, 4.69) is 17.2 Å². The van der Waals surface area contributed by atoms with E-state index in [1.807, 2.05) is 6.07 Å². The van der Waals surface area contributed by atoms with Gasteiger partial charge >= 0.3 is 0 Å². The van der Waals surface area contributed by atoms with Crippen molar-refractivity contribution < 1.29 is 9.53 Å². The number of hydrogen-bond acceptors (Lipinski definition) is 3. The van der Waals surface area contributed by atoms with Crippen molar-refractivity contribution in [3.63, 3.8) is 0 Å². The molecule has 1 aliphatic rings. The van der Waals surface area contributed by atoms with E-state index in [1.165, 1.54) is 0 Å². The van der Waals surface area contributed by atoms with E-state index in [-0.39, 0.29) is 6.61 Å². The van der Waals surface area contributed by atoms with Gasteiger partial charge in [-0.2, -0.15) is 5.26 Å². The van der Waals surface area contributed by atoms with Crippen LogP contribution in [0.5, 0.6) is 0 Å². The van der Waals surface area contributed by atoms with Crippen LogP contribution in [0.2, 0.25) is 0 Å². The standard InChI is InChI=1S/C9H10N2O2/c1-2-3-8(12)11-9(6-10)4-5-13-7-9/h4-5,7H2,1H3,(H,11,12). The van der Waals surface area contributed by atoms with Gasteiger partial charge in [-0.1, -0.05) is 5.92 Å². The SMILES string of the molecule is CC#CC(=O)NC1(C#N)CCOC1. The maximum atomic E-state index is 11.1. The summed E-state index contributed by atoms with van der Waals surface area (Å²) in [5.74, 6) is 4.37. The lowest BCUT2D eigenvalue weighted by atomic mass is 10.0.